The molecule has 162 valence electrons. The molecule has 0 atom stereocenters. The van der Waals surface area contributed by atoms with Gasteiger partial charge in [0.25, 0.3) is 5.91 Å². The zero-order valence-corrected chi connectivity index (χ0v) is 18.3. The first-order valence-electron chi connectivity index (χ1n) is 9.73. The molecular weight excluding hydrogens is 426 g/mol. The maximum atomic E-state index is 12.6. The van der Waals surface area contributed by atoms with Gasteiger partial charge in [0.05, 0.1) is 11.5 Å². The fraction of sp³-hybridized carbons (Fsp3) is 0.400. The fourth-order valence-corrected chi connectivity index (χ4v) is 4.94. The summed E-state index contributed by atoms with van der Waals surface area (Å²) in [4.78, 5) is 27.0. The van der Waals surface area contributed by atoms with Crippen LogP contribution in [0, 0.1) is 0 Å². The Labute approximate surface area is 180 Å². The van der Waals surface area contributed by atoms with Crippen LogP contribution in [-0.2, 0) is 21.3 Å². The molecule has 8 nitrogen and oxygen atoms in total. The lowest BCUT2D eigenvalue weighted by molar-refractivity contribution is 0.0860. The third-order valence-corrected chi connectivity index (χ3v) is 7.05. The van der Waals surface area contributed by atoms with Crippen molar-refractivity contribution in [2.75, 3.05) is 19.7 Å². The van der Waals surface area contributed by atoms with Crippen LogP contribution < -0.4 is 10.0 Å². The second-order valence-electron chi connectivity index (χ2n) is 6.87. The van der Waals surface area contributed by atoms with E-state index in [0.29, 0.717) is 32.5 Å². The van der Waals surface area contributed by atoms with E-state index in [9.17, 15) is 18.0 Å². The number of carbonyl (C=O) groups is 2. The van der Waals surface area contributed by atoms with Crippen LogP contribution in [0.15, 0.2) is 46.7 Å². The van der Waals surface area contributed by atoms with Gasteiger partial charge < -0.3 is 15.0 Å². The van der Waals surface area contributed by atoms with Gasteiger partial charge in [0.2, 0.25) is 10.0 Å². The molecule has 2 N–H and O–H groups in total. The molecule has 0 saturated carbocycles. The van der Waals surface area contributed by atoms with Crippen molar-refractivity contribution in [3.05, 3.63) is 52.2 Å². The van der Waals surface area contributed by atoms with E-state index in [1.807, 2.05) is 17.5 Å². The van der Waals surface area contributed by atoms with Gasteiger partial charge in [0, 0.05) is 36.1 Å². The average Bonchev–Trinajstić information content (AvgIpc) is 3.27. The van der Waals surface area contributed by atoms with E-state index in [0.717, 1.165) is 4.88 Å². The zero-order chi connectivity index (χ0) is 21.6. The zero-order valence-electron chi connectivity index (χ0n) is 16.7. The molecule has 10 heteroatoms. The Morgan fingerprint density at radius 2 is 1.97 bits per heavy atom. The lowest BCUT2D eigenvalue weighted by Gasteiger charge is -2.31. The maximum absolute atomic E-state index is 12.6. The predicted molar refractivity (Wildman–Crippen MR) is 114 cm³/mol. The summed E-state index contributed by atoms with van der Waals surface area (Å²) >= 11 is 1.47. The summed E-state index contributed by atoms with van der Waals surface area (Å²) in [7, 11) is -3.73. The lowest BCUT2D eigenvalue weighted by Crippen LogP contribution is -2.46. The summed E-state index contributed by atoms with van der Waals surface area (Å²) in [5.41, 5.74) is 0.279. The molecule has 1 aliphatic rings. The van der Waals surface area contributed by atoms with Crippen molar-refractivity contribution in [2.24, 2.45) is 0 Å². The summed E-state index contributed by atoms with van der Waals surface area (Å²) in [6.07, 6.45) is 0.894. The van der Waals surface area contributed by atoms with Gasteiger partial charge in [-0.25, -0.2) is 17.9 Å². The quantitative estimate of drug-likeness (QED) is 0.673. The molecule has 1 aromatic heterocycles. The number of piperidine rings is 1. The summed E-state index contributed by atoms with van der Waals surface area (Å²) in [6.45, 7) is 3.30. The number of sulfonamides is 1. The molecule has 0 unspecified atom stereocenters. The summed E-state index contributed by atoms with van der Waals surface area (Å²) < 4.78 is 32.7. The number of nitrogens with zero attached hydrogens (tertiary/aromatic N) is 1. The molecule has 1 aromatic carbocycles. The Balaban J connectivity index is 1.57. The van der Waals surface area contributed by atoms with Crippen LogP contribution in [0.25, 0.3) is 0 Å². The molecule has 0 radical (unpaired) electrons. The molecule has 1 fully saturated rings. The molecule has 30 heavy (non-hydrogen) atoms. The number of likely N-dealkylation sites (tertiary alicyclic amines) is 1. The Morgan fingerprint density at radius 3 is 2.63 bits per heavy atom. The number of hydrogen-bond donors (Lipinski definition) is 2. The van der Waals surface area contributed by atoms with Crippen LogP contribution in [-0.4, -0.2) is 51.1 Å². The van der Waals surface area contributed by atoms with E-state index in [1.165, 1.54) is 23.5 Å². The minimum absolute atomic E-state index is 0.0452. The number of thiophene rings is 1. The molecule has 2 amide bonds. The van der Waals surface area contributed by atoms with E-state index in [2.05, 4.69) is 10.0 Å². The van der Waals surface area contributed by atoms with E-state index in [1.54, 1.807) is 24.0 Å². The van der Waals surface area contributed by atoms with Crippen LogP contribution in [0.5, 0.6) is 0 Å². The second kappa shape index (κ2) is 10.1. The van der Waals surface area contributed by atoms with E-state index < -0.39 is 10.0 Å². The van der Waals surface area contributed by atoms with Crippen molar-refractivity contribution in [3.63, 3.8) is 0 Å². The molecule has 2 aromatic rings. The average molecular weight is 452 g/mol. The minimum Gasteiger partial charge on any atom is -0.450 e. The van der Waals surface area contributed by atoms with Gasteiger partial charge in [-0.05, 0) is 49.4 Å². The van der Waals surface area contributed by atoms with Crippen LogP contribution >= 0.6 is 11.3 Å². The maximum Gasteiger partial charge on any atom is 0.409 e. The molecule has 1 aliphatic heterocycles. The standard InChI is InChI=1S/C20H25N3O5S2/c1-2-28-20(25)23-10-8-16(9-11-23)22-19(24)15-5-3-7-18(13-15)30(26,27)21-14-17-6-4-12-29-17/h3-7,12-13,16,21H,2,8-11,14H2,1H3,(H,22,24). The van der Waals surface area contributed by atoms with Crippen molar-refractivity contribution in [3.8, 4) is 0 Å². The van der Waals surface area contributed by atoms with Gasteiger partial charge in [-0.2, -0.15) is 0 Å². The predicted octanol–water partition coefficient (Wildman–Crippen LogP) is 2.58. The second-order valence-corrected chi connectivity index (χ2v) is 9.66. The highest BCUT2D eigenvalue weighted by Crippen LogP contribution is 2.16. The SMILES string of the molecule is CCOC(=O)N1CCC(NC(=O)c2cccc(S(=O)(=O)NCc3cccs3)c2)CC1. The largest absolute Gasteiger partial charge is 0.450 e. The third kappa shape index (κ3) is 5.80. The smallest absolute Gasteiger partial charge is 0.409 e. The Morgan fingerprint density at radius 1 is 1.20 bits per heavy atom. The number of amides is 2. The minimum atomic E-state index is -3.73. The highest BCUT2D eigenvalue weighted by molar-refractivity contribution is 7.89. The monoisotopic (exact) mass is 451 g/mol. The molecule has 2 heterocycles. The van der Waals surface area contributed by atoms with Gasteiger partial charge in [-0.1, -0.05) is 12.1 Å². The molecule has 0 bridgehead atoms. The normalized spacial score (nSPS) is 15.0. The Bertz CT molecular complexity index is 968. The van der Waals surface area contributed by atoms with Crippen molar-refractivity contribution in [1.82, 2.24) is 14.9 Å². The van der Waals surface area contributed by atoms with E-state index in [-0.39, 0.29) is 35.0 Å². The number of benzene rings is 1. The van der Waals surface area contributed by atoms with Crippen LogP contribution in [0.3, 0.4) is 0 Å². The van der Waals surface area contributed by atoms with Crippen LogP contribution in [0.1, 0.15) is 35.0 Å². The van der Waals surface area contributed by atoms with E-state index >= 15 is 0 Å². The topological polar surface area (TPSA) is 105 Å². The number of ether oxygens (including phenoxy) is 1. The number of rotatable bonds is 7. The van der Waals surface area contributed by atoms with Gasteiger partial charge in [0.1, 0.15) is 0 Å². The fourth-order valence-electron chi connectivity index (χ4n) is 3.16. The first-order valence-corrected chi connectivity index (χ1v) is 12.1. The highest BCUT2D eigenvalue weighted by Gasteiger charge is 2.25. The Kier molecular flexibility index (Phi) is 7.46. The molecule has 0 aliphatic carbocycles. The van der Waals surface area contributed by atoms with Gasteiger partial charge >= 0.3 is 6.09 Å². The molecular formula is C20H25N3O5S2. The summed E-state index contributed by atoms with van der Waals surface area (Å²) in [6, 6.07) is 9.60. The lowest BCUT2D eigenvalue weighted by atomic mass is 10.0. The molecule has 0 spiro atoms. The third-order valence-electron chi connectivity index (χ3n) is 4.78. The molecule has 1 saturated heterocycles. The number of nitrogens with one attached hydrogen (secondary N) is 2. The van der Waals surface area contributed by atoms with Crippen LogP contribution in [0.4, 0.5) is 4.79 Å². The first kappa shape index (κ1) is 22.3. The van der Waals surface area contributed by atoms with Gasteiger partial charge in [0.15, 0.2) is 0 Å². The Hall–Kier alpha value is -2.43. The number of carbonyl (C=O) groups excluding carboxylic acids is 2. The van der Waals surface area contributed by atoms with Crippen LogP contribution in [0.2, 0.25) is 0 Å². The van der Waals surface area contributed by atoms with E-state index in [4.69, 9.17) is 4.74 Å². The highest BCUT2D eigenvalue weighted by atomic mass is 32.2. The van der Waals surface area contributed by atoms with Crippen molar-refractivity contribution in [2.45, 2.75) is 37.2 Å². The first-order chi connectivity index (χ1) is 14.4. The summed E-state index contributed by atoms with van der Waals surface area (Å²) in [5.74, 6) is -0.333. The summed E-state index contributed by atoms with van der Waals surface area (Å²) in [5, 5.41) is 4.81. The van der Waals surface area contributed by atoms with Gasteiger partial charge in [-0.15, -0.1) is 11.3 Å². The van der Waals surface area contributed by atoms with Crippen molar-refractivity contribution in [1.29, 1.82) is 0 Å². The number of hydrogen-bond acceptors (Lipinski definition) is 6. The van der Waals surface area contributed by atoms with Gasteiger partial charge in [-0.3, -0.25) is 4.79 Å². The van der Waals surface area contributed by atoms with Crippen molar-refractivity contribution >= 4 is 33.4 Å². The molecule has 3 rings (SSSR count). The van der Waals surface area contributed by atoms with Crippen molar-refractivity contribution < 1.29 is 22.7 Å².